The molecule has 1 aromatic carbocycles. The first-order chi connectivity index (χ1) is 7.66. The van der Waals surface area contributed by atoms with Gasteiger partial charge in [-0.15, -0.1) is 0 Å². The summed E-state index contributed by atoms with van der Waals surface area (Å²) in [6.45, 7) is 2.50. The molecule has 4 heteroatoms. The predicted octanol–water partition coefficient (Wildman–Crippen LogP) is 1.78. The first-order valence-corrected chi connectivity index (χ1v) is 5.42. The lowest BCUT2D eigenvalue weighted by atomic mass is 9.92. The van der Waals surface area contributed by atoms with Gasteiger partial charge in [-0.1, -0.05) is 6.07 Å². The second kappa shape index (κ2) is 4.39. The fourth-order valence-corrected chi connectivity index (χ4v) is 2.05. The van der Waals surface area contributed by atoms with Crippen LogP contribution in [0.3, 0.4) is 0 Å². The molecule has 16 heavy (non-hydrogen) atoms. The molecule has 0 radical (unpaired) electrons. The SMILES string of the molecule is CC1OCCC1(CO)Nc1cccc(F)c1. The maximum Gasteiger partial charge on any atom is 0.125 e. The minimum atomic E-state index is -0.492. The van der Waals surface area contributed by atoms with Crippen LogP contribution in [0.5, 0.6) is 0 Å². The van der Waals surface area contributed by atoms with E-state index in [0.717, 1.165) is 6.42 Å². The molecule has 1 fully saturated rings. The van der Waals surface area contributed by atoms with Gasteiger partial charge in [-0.3, -0.25) is 0 Å². The second-order valence-electron chi connectivity index (χ2n) is 4.21. The number of nitrogens with one attached hydrogen (secondary N) is 1. The molecule has 2 N–H and O–H groups in total. The monoisotopic (exact) mass is 225 g/mol. The summed E-state index contributed by atoms with van der Waals surface area (Å²) < 4.78 is 18.5. The molecule has 88 valence electrons. The molecule has 3 nitrogen and oxygen atoms in total. The third-order valence-corrected chi connectivity index (χ3v) is 3.19. The third kappa shape index (κ3) is 2.03. The smallest absolute Gasteiger partial charge is 0.125 e. The van der Waals surface area contributed by atoms with E-state index < -0.39 is 5.54 Å². The summed E-state index contributed by atoms with van der Waals surface area (Å²) in [5, 5.41) is 12.7. The normalized spacial score (nSPS) is 29.3. The molecule has 1 aliphatic rings. The molecule has 0 bridgehead atoms. The van der Waals surface area contributed by atoms with Crippen LogP contribution < -0.4 is 5.32 Å². The van der Waals surface area contributed by atoms with Gasteiger partial charge < -0.3 is 15.2 Å². The lowest BCUT2D eigenvalue weighted by molar-refractivity contribution is 0.0792. The predicted molar refractivity (Wildman–Crippen MR) is 59.9 cm³/mol. The van der Waals surface area contributed by atoms with Gasteiger partial charge in [-0.2, -0.15) is 0 Å². The number of hydrogen-bond donors (Lipinski definition) is 2. The molecule has 2 rings (SSSR count). The van der Waals surface area contributed by atoms with Crippen LogP contribution in [0.25, 0.3) is 0 Å². The number of rotatable bonds is 3. The van der Waals surface area contributed by atoms with Gasteiger partial charge in [0.15, 0.2) is 0 Å². The van der Waals surface area contributed by atoms with Gasteiger partial charge in [0, 0.05) is 12.3 Å². The van der Waals surface area contributed by atoms with E-state index in [-0.39, 0.29) is 18.5 Å². The molecule has 0 saturated carbocycles. The highest BCUT2D eigenvalue weighted by Crippen LogP contribution is 2.29. The van der Waals surface area contributed by atoms with Gasteiger partial charge in [0.2, 0.25) is 0 Å². The second-order valence-corrected chi connectivity index (χ2v) is 4.21. The quantitative estimate of drug-likeness (QED) is 0.824. The molecule has 2 atom stereocenters. The van der Waals surface area contributed by atoms with Crippen LogP contribution in [0.4, 0.5) is 10.1 Å². The van der Waals surface area contributed by atoms with Crippen LogP contribution in [-0.4, -0.2) is 30.0 Å². The van der Waals surface area contributed by atoms with Crippen LogP contribution in [0.15, 0.2) is 24.3 Å². The Kier molecular flexibility index (Phi) is 3.12. The fraction of sp³-hybridized carbons (Fsp3) is 0.500. The molecule has 0 amide bonds. The standard InChI is InChI=1S/C12H16FNO2/c1-9-12(8-15,5-6-16-9)14-11-4-2-3-10(13)7-11/h2-4,7,9,14-15H,5-6,8H2,1H3. The van der Waals surface area contributed by atoms with Gasteiger partial charge in [-0.05, 0) is 31.5 Å². The minimum Gasteiger partial charge on any atom is -0.394 e. The van der Waals surface area contributed by atoms with Crippen molar-refractivity contribution in [1.82, 2.24) is 0 Å². The Bertz CT molecular complexity index is 372. The van der Waals surface area contributed by atoms with E-state index in [1.54, 1.807) is 12.1 Å². The van der Waals surface area contributed by atoms with Gasteiger partial charge in [0.05, 0.1) is 18.2 Å². The van der Waals surface area contributed by atoms with Crippen molar-refractivity contribution in [2.75, 3.05) is 18.5 Å². The number of ether oxygens (including phenoxy) is 1. The summed E-state index contributed by atoms with van der Waals surface area (Å²) in [7, 11) is 0. The van der Waals surface area contributed by atoms with Gasteiger partial charge in [0.25, 0.3) is 0 Å². The largest absolute Gasteiger partial charge is 0.394 e. The van der Waals surface area contributed by atoms with E-state index in [2.05, 4.69) is 5.32 Å². The van der Waals surface area contributed by atoms with E-state index in [1.807, 2.05) is 6.92 Å². The number of benzene rings is 1. The minimum absolute atomic E-state index is 0.0231. The average molecular weight is 225 g/mol. The number of aliphatic hydroxyl groups is 1. The van der Waals surface area contributed by atoms with E-state index >= 15 is 0 Å². The zero-order valence-corrected chi connectivity index (χ0v) is 9.24. The highest BCUT2D eigenvalue weighted by atomic mass is 19.1. The first-order valence-electron chi connectivity index (χ1n) is 5.42. The molecule has 2 unspecified atom stereocenters. The van der Waals surface area contributed by atoms with Crippen molar-refractivity contribution in [1.29, 1.82) is 0 Å². The lowest BCUT2D eigenvalue weighted by Crippen LogP contribution is -2.47. The van der Waals surface area contributed by atoms with Crippen molar-refractivity contribution in [3.8, 4) is 0 Å². The zero-order chi connectivity index (χ0) is 11.6. The molecule has 0 aliphatic carbocycles. The number of aliphatic hydroxyl groups excluding tert-OH is 1. The van der Waals surface area contributed by atoms with Gasteiger partial charge >= 0.3 is 0 Å². The van der Waals surface area contributed by atoms with Crippen molar-refractivity contribution < 1.29 is 14.2 Å². The summed E-state index contributed by atoms with van der Waals surface area (Å²) in [6.07, 6.45) is 0.641. The number of anilines is 1. The molecule has 1 aliphatic heterocycles. The fourth-order valence-electron chi connectivity index (χ4n) is 2.05. The third-order valence-electron chi connectivity index (χ3n) is 3.19. The topological polar surface area (TPSA) is 41.5 Å². The lowest BCUT2D eigenvalue weighted by Gasteiger charge is -2.32. The van der Waals surface area contributed by atoms with Crippen LogP contribution >= 0.6 is 0 Å². The number of hydrogen-bond acceptors (Lipinski definition) is 3. The Hall–Kier alpha value is -1.13. The molecular weight excluding hydrogens is 209 g/mol. The molecule has 0 spiro atoms. The summed E-state index contributed by atoms with van der Waals surface area (Å²) in [4.78, 5) is 0. The summed E-state index contributed by atoms with van der Waals surface area (Å²) in [5.41, 5.74) is 0.180. The number of halogens is 1. The Morgan fingerprint density at radius 1 is 1.62 bits per heavy atom. The summed E-state index contributed by atoms with van der Waals surface area (Å²) >= 11 is 0. The summed E-state index contributed by atoms with van der Waals surface area (Å²) in [5.74, 6) is -0.287. The van der Waals surface area contributed by atoms with Gasteiger partial charge in [0.1, 0.15) is 5.82 Å². The van der Waals surface area contributed by atoms with Crippen molar-refractivity contribution in [3.05, 3.63) is 30.1 Å². The Morgan fingerprint density at radius 3 is 3.00 bits per heavy atom. The highest BCUT2D eigenvalue weighted by Gasteiger charge is 2.41. The Labute approximate surface area is 94.2 Å². The first kappa shape index (κ1) is 11.4. The van der Waals surface area contributed by atoms with Crippen molar-refractivity contribution in [2.24, 2.45) is 0 Å². The van der Waals surface area contributed by atoms with Crippen LogP contribution in [0.1, 0.15) is 13.3 Å². The average Bonchev–Trinajstić information content (AvgIpc) is 2.61. The molecule has 1 heterocycles. The van der Waals surface area contributed by atoms with Crippen molar-refractivity contribution in [3.63, 3.8) is 0 Å². The maximum atomic E-state index is 13.0. The maximum absolute atomic E-state index is 13.0. The molecular formula is C12H16FNO2. The molecule has 0 aromatic heterocycles. The van der Waals surface area contributed by atoms with E-state index in [0.29, 0.717) is 12.3 Å². The van der Waals surface area contributed by atoms with Gasteiger partial charge in [-0.25, -0.2) is 4.39 Å². The highest BCUT2D eigenvalue weighted by molar-refractivity contribution is 5.46. The van der Waals surface area contributed by atoms with Crippen LogP contribution in [-0.2, 0) is 4.74 Å². The molecule has 1 aromatic rings. The van der Waals surface area contributed by atoms with Crippen LogP contribution in [0, 0.1) is 5.82 Å². The Morgan fingerprint density at radius 2 is 2.44 bits per heavy atom. The van der Waals surface area contributed by atoms with Crippen molar-refractivity contribution in [2.45, 2.75) is 25.0 Å². The summed E-state index contributed by atoms with van der Waals surface area (Å²) in [6, 6.07) is 6.24. The van der Waals surface area contributed by atoms with E-state index in [9.17, 15) is 9.50 Å². The van der Waals surface area contributed by atoms with Crippen molar-refractivity contribution >= 4 is 5.69 Å². The van der Waals surface area contributed by atoms with E-state index in [4.69, 9.17) is 4.74 Å². The van der Waals surface area contributed by atoms with Crippen LogP contribution in [0.2, 0.25) is 0 Å². The molecule has 1 saturated heterocycles. The Balaban J connectivity index is 2.18. The zero-order valence-electron chi connectivity index (χ0n) is 9.24. The van der Waals surface area contributed by atoms with E-state index in [1.165, 1.54) is 12.1 Å².